The monoisotopic (exact) mass is 264 g/mol. The molecular formula is C16H29BO2. The van der Waals surface area contributed by atoms with Crippen molar-refractivity contribution in [3.63, 3.8) is 0 Å². The Labute approximate surface area is 118 Å². The van der Waals surface area contributed by atoms with Crippen LogP contribution in [-0.2, 0) is 9.31 Å². The first-order chi connectivity index (χ1) is 8.89. The molecule has 0 unspecified atom stereocenters. The van der Waals surface area contributed by atoms with Gasteiger partial charge < -0.3 is 9.31 Å². The Kier molecular flexibility index (Phi) is 3.50. The van der Waals surface area contributed by atoms with Gasteiger partial charge in [-0.05, 0) is 51.8 Å². The highest BCUT2D eigenvalue weighted by atomic mass is 16.7. The molecule has 0 amide bonds. The normalized spacial score (nSPS) is 41.1. The molecule has 0 aromatic carbocycles. The average Bonchev–Trinajstić information content (AvgIpc) is 2.58. The van der Waals surface area contributed by atoms with Crippen molar-refractivity contribution in [2.24, 2.45) is 11.8 Å². The van der Waals surface area contributed by atoms with Gasteiger partial charge in [0.1, 0.15) is 0 Å². The van der Waals surface area contributed by atoms with E-state index in [1.54, 1.807) is 0 Å². The Balaban J connectivity index is 1.65. The lowest BCUT2D eigenvalue weighted by molar-refractivity contribution is 0.00578. The second kappa shape index (κ2) is 4.77. The summed E-state index contributed by atoms with van der Waals surface area (Å²) >= 11 is 0. The summed E-state index contributed by atoms with van der Waals surface area (Å²) in [6.45, 7) is 8.66. The molecule has 0 aromatic heterocycles. The summed E-state index contributed by atoms with van der Waals surface area (Å²) in [5, 5.41) is 0. The third-order valence-corrected chi connectivity index (χ3v) is 6.24. The van der Waals surface area contributed by atoms with Crippen LogP contribution in [0.5, 0.6) is 0 Å². The smallest absolute Gasteiger partial charge is 0.403 e. The van der Waals surface area contributed by atoms with Gasteiger partial charge in [-0.1, -0.05) is 38.5 Å². The van der Waals surface area contributed by atoms with E-state index >= 15 is 0 Å². The molecule has 0 spiro atoms. The fourth-order valence-corrected chi connectivity index (χ4v) is 4.24. The maximum atomic E-state index is 6.26. The zero-order valence-electron chi connectivity index (χ0n) is 13.1. The van der Waals surface area contributed by atoms with Gasteiger partial charge in [0, 0.05) is 0 Å². The molecule has 2 saturated carbocycles. The zero-order valence-corrected chi connectivity index (χ0v) is 13.1. The Hall–Kier alpha value is -0.0151. The lowest BCUT2D eigenvalue weighted by Gasteiger charge is -2.39. The molecule has 3 fully saturated rings. The zero-order chi connectivity index (χ0) is 13.7. The van der Waals surface area contributed by atoms with Gasteiger partial charge in [-0.3, -0.25) is 0 Å². The molecular weight excluding hydrogens is 235 g/mol. The molecule has 1 heterocycles. The van der Waals surface area contributed by atoms with Crippen LogP contribution >= 0.6 is 0 Å². The van der Waals surface area contributed by atoms with Gasteiger partial charge in [0.05, 0.1) is 11.2 Å². The quantitative estimate of drug-likeness (QED) is 0.652. The molecule has 2 nitrogen and oxygen atoms in total. The van der Waals surface area contributed by atoms with Crippen molar-refractivity contribution >= 4 is 7.12 Å². The van der Waals surface area contributed by atoms with E-state index < -0.39 is 0 Å². The highest BCUT2D eigenvalue weighted by Crippen LogP contribution is 2.49. The maximum Gasteiger partial charge on any atom is 0.461 e. The largest absolute Gasteiger partial charge is 0.461 e. The van der Waals surface area contributed by atoms with Crippen LogP contribution in [0.1, 0.15) is 72.6 Å². The second-order valence-corrected chi connectivity index (χ2v) is 8.00. The van der Waals surface area contributed by atoms with Gasteiger partial charge in [-0.25, -0.2) is 0 Å². The number of rotatable bonds is 1. The molecule has 1 saturated heterocycles. The van der Waals surface area contributed by atoms with Crippen LogP contribution in [0, 0.1) is 11.8 Å². The van der Waals surface area contributed by atoms with Gasteiger partial charge >= 0.3 is 7.12 Å². The topological polar surface area (TPSA) is 18.5 Å². The van der Waals surface area contributed by atoms with E-state index in [-0.39, 0.29) is 18.3 Å². The average molecular weight is 264 g/mol. The van der Waals surface area contributed by atoms with Crippen LogP contribution < -0.4 is 0 Å². The van der Waals surface area contributed by atoms with Crippen LogP contribution in [0.15, 0.2) is 0 Å². The van der Waals surface area contributed by atoms with Crippen LogP contribution in [0.3, 0.4) is 0 Å². The lowest BCUT2D eigenvalue weighted by atomic mass is 9.57. The van der Waals surface area contributed by atoms with Crippen molar-refractivity contribution in [2.45, 2.75) is 89.7 Å². The third kappa shape index (κ3) is 2.49. The highest BCUT2D eigenvalue weighted by Gasteiger charge is 2.54. The molecule has 3 rings (SSSR count). The fourth-order valence-electron chi connectivity index (χ4n) is 4.24. The molecule has 0 bridgehead atoms. The van der Waals surface area contributed by atoms with E-state index in [1.165, 1.54) is 44.9 Å². The highest BCUT2D eigenvalue weighted by molar-refractivity contribution is 6.47. The van der Waals surface area contributed by atoms with Crippen LogP contribution in [0.2, 0.25) is 5.82 Å². The molecule has 0 aromatic rings. The first-order valence-corrected chi connectivity index (χ1v) is 8.25. The van der Waals surface area contributed by atoms with Gasteiger partial charge in [0.25, 0.3) is 0 Å². The SMILES string of the molecule is CC1(C)OB([C@@H]2CC[C@H]3CCCC[C@@H]3C2)OC1(C)C. The predicted octanol–water partition coefficient (Wildman–Crippen LogP) is 4.44. The van der Waals surface area contributed by atoms with Gasteiger partial charge in [0.15, 0.2) is 0 Å². The van der Waals surface area contributed by atoms with Crippen molar-refractivity contribution in [1.82, 2.24) is 0 Å². The van der Waals surface area contributed by atoms with Crippen LogP contribution in [0.4, 0.5) is 0 Å². The summed E-state index contributed by atoms with van der Waals surface area (Å²) < 4.78 is 12.5. The van der Waals surface area contributed by atoms with E-state index in [4.69, 9.17) is 9.31 Å². The minimum Gasteiger partial charge on any atom is -0.403 e. The van der Waals surface area contributed by atoms with E-state index in [2.05, 4.69) is 27.7 Å². The van der Waals surface area contributed by atoms with E-state index in [1.807, 2.05) is 0 Å². The molecule has 0 N–H and O–H groups in total. The molecule has 3 atom stereocenters. The van der Waals surface area contributed by atoms with Gasteiger partial charge in [-0.15, -0.1) is 0 Å². The fraction of sp³-hybridized carbons (Fsp3) is 1.00. The van der Waals surface area contributed by atoms with E-state index in [0.717, 1.165) is 11.8 Å². The van der Waals surface area contributed by atoms with Gasteiger partial charge in [-0.2, -0.15) is 0 Å². The first kappa shape index (κ1) is 13.9. The summed E-state index contributed by atoms with van der Waals surface area (Å²) in [5.41, 5.74) is -0.331. The van der Waals surface area contributed by atoms with E-state index in [9.17, 15) is 0 Å². The number of hydrogen-bond donors (Lipinski definition) is 0. The second-order valence-electron chi connectivity index (χ2n) is 8.00. The third-order valence-electron chi connectivity index (χ3n) is 6.24. The van der Waals surface area contributed by atoms with Crippen molar-refractivity contribution in [1.29, 1.82) is 0 Å². The maximum absolute atomic E-state index is 6.26. The van der Waals surface area contributed by atoms with E-state index in [0.29, 0.717) is 5.82 Å². The summed E-state index contributed by atoms with van der Waals surface area (Å²) in [5.74, 6) is 2.58. The number of fused-ring (bicyclic) bond motifs is 1. The molecule has 2 aliphatic carbocycles. The summed E-state index contributed by atoms with van der Waals surface area (Å²) in [7, 11) is 0.0351. The molecule has 1 aliphatic heterocycles. The Morgan fingerprint density at radius 2 is 1.37 bits per heavy atom. The van der Waals surface area contributed by atoms with Gasteiger partial charge in [0.2, 0.25) is 0 Å². The molecule has 3 heteroatoms. The Morgan fingerprint density at radius 3 is 2.00 bits per heavy atom. The van der Waals surface area contributed by atoms with Crippen LogP contribution in [-0.4, -0.2) is 18.3 Å². The number of hydrogen-bond acceptors (Lipinski definition) is 2. The summed E-state index contributed by atoms with van der Waals surface area (Å²) in [6.07, 6.45) is 9.86. The lowest BCUT2D eigenvalue weighted by Crippen LogP contribution is -2.41. The minimum atomic E-state index is -0.166. The van der Waals surface area contributed by atoms with Crippen molar-refractivity contribution in [3.8, 4) is 0 Å². The summed E-state index contributed by atoms with van der Waals surface area (Å²) in [6, 6.07) is 0. The Morgan fingerprint density at radius 1 is 0.789 bits per heavy atom. The molecule has 108 valence electrons. The van der Waals surface area contributed by atoms with Crippen LogP contribution in [0.25, 0.3) is 0 Å². The Bertz CT molecular complexity index is 324. The van der Waals surface area contributed by atoms with Crippen molar-refractivity contribution < 1.29 is 9.31 Å². The summed E-state index contributed by atoms with van der Waals surface area (Å²) in [4.78, 5) is 0. The molecule has 19 heavy (non-hydrogen) atoms. The predicted molar refractivity (Wildman–Crippen MR) is 79.1 cm³/mol. The van der Waals surface area contributed by atoms with Crippen molar-refractivity contribution in [3.05, 3.63) is 0 Å². The standard InChI is InChI=1S/C16H29BO2/c1-15(2)16(3,4)19-17(18-15)14-10-9-12-7-5-6-8-13(12)11-14/h12-14H,5-11H2,1-4H3/t12-,13-,14-/m1/s1. The molecule has 0 radical (unpaired) electrons. The molecule has 3 aliphatic rings. The minimum absolute atomic E-state index is 0.0351. The van der Waals surface area contributed by atoms with Crippen molar-refractivity contribution in [2.75, 3.05) is 0 Å². The first-order valence-electron chi connectivity index (χ1n) is 8.25.